The van der Waals surface area contributed by atoms with Crippen LogP contribution in [0, 0.1) is 0 Å². The maximum absolute atomic E-state index is 14.6. The van der Waals surface area contributed by atoms with Crippen LogP contribution in [0.5, 0.6) is 11.5 Å². The quantitative estimate of drug-likeness (QED) is 0.397. The van der Waals surface area contributed by atoms with E-state index in [-0.39, 0.29) is 0 Å². The van der Waals surface area contributed by atoms with Crippen LogP contribution in [-0.4, -0.2) is 72.0 Å². The molecule has 0 N–H and O–H groups in total. The van der Waals surface area contributed by atoms with Gasteiger partial charge in [-0.05, 0) is 31.7 Å². The number of imidazole rings is 1. The number of benzene rings is 1. The summed E-state index contributed by atoms with van der Waals surface area (Å²) in [7, 11) is 3.57. The Morgan fingerprint density at radius 2 is 2.06 bits per heavy atom. The van der Waals surface area contributed by atoms with Gasteiger partial charge in [0.2, 0.25) is 0 Å². The van der Waals surface area contributed by atoms with E-state index in [1.54, 1.807) is 13.3 Å². The maximum atomic E-state index is 14.6. The van der Waals surface area contributed by atoms with Gasteiger partial charge >= 0.3 is 0 Å². The number of piperidine rings is 1. The summed E-state index contributed by atoms with van der Waals surface area (Å²) in [6.45, 7) is 2.20. The highest BCUT2D eigenvalue weighted by atomic mass is 19.1. The van der Waals surface area contributed by atoms with E-state index in [4.69, 9.17) is 19.2 Å². The lowest BCUT2D eigenvalue weighted by Gasteiger charge is -2.32. The molecule has 172 valence electrons. The van der Waals surface area contributed by atoms with Crippen molar-refractivity contribution in [1.29, 1.82) is 0 Å². The van der Waals surface area contributed by atoms with Crippen molar-refractivity contribution in [2.24, 2.45) is 0 Å². The fourth-order valence-corrected chi connectivity index (χ4v) is 4.17. The van der Waals surface area contributed by atoms with E-state index < -0.39 is 12.3 Å². The van der Waals surface area contributed by atoms with Gasteiger partial charge in [0.25, 0.3) is 0 Å². The first-order chi connectivity index (χ1) is 16.1. The van der Waals surface area contributed by atoms with Gasteiger partial charge in [0.1, 0.15) is 41.5 Å². The number of ether oxygens (including phenoxy) is 3. The van der Waals surface area contributed by atoms with Crippen LogP contribution in [-0.2, 0) is 4.74 Å². The summed E-state index contributed by atoms with van der Waals surface area (Å²) in [4.78, 5) is 11.4. The zero-order valence-electron chi connectivity index (χ0n) is 18.8. The second-order valence-corrected chi connectivity index (χ2v) is 8.32. The molecule has 1 aliphatic heterocycles. The summed E-state index contributed by atoms with van der Waals surface area (Å²) in [5.74, 6) is 1.34. The third kappa shape index (κ3) is 4.49. The molecule has 0 aliphatic carbocycles. The Labute approximate surface area is 191 Å². The van der Waals surface area contributed by atoms with Crippen molar-refractivity contribution in [2.45, 2.75) is 18.7 Å². The molecular formula is C25H27FN4O3. The van der Waals surface area contributed by atoms with E-state index in [2.05, 4.69) is 4.98 Å². The van der Waals surface area contributed by atoms with Gasteiger partial charge in [-0.1, -0.05) is 18.2 Å². The molecule has 2 atom stereocenters. The minimum atomic E-state index is -1.03. The van der Waals surface area contributed by atoms with Crippen molar-refractivity contribution in [2.75, 3.05) is 40.5 Å². The molecule has 0 spiro atoms. The molecule has 1 saturated heterocycles. The molecule has 5 rings (SSSR count). The lowest BCUT2D eigenvalue weighted by Crippen LogP contribution is -2.45. The number of fused-ring (bicyclic) bond motifs is 2. The van der Waals surface area contributed by atoms with Crippen LogP contribution in [0.3, 0.4) is 0 Å². The van der Waals surface area contributed by atoms with Gasteiger partial charge in [0.15, 0.2) is 0 Å². The number of para-hydroxylation sites is 1. The van der Waals surface area contributed by atoms with Crippen LogP contribution in [0.4, 0.5) is 4.39 Å². The molecule has 0 unspecified atom stereocenters. The van der Waals surface area contributed by atoms with Gasteiger partial charge in [-0.25, -0.2) is 14.4 Å². The molecule has 0 amide bonds. The average molecular weight is 451 g/mol. The van der Waals surface area contributed by atoms with Crippen molar-refractivity contribution in [3.05, 3.63) is 54.9 Å². The monoisotopic (exact) mass is 450 g/mol. The van der Waals surface area contributed by atoms with Gasteiger partial charge in [-0.2, -0.15) is 0 Å². The molecular weight excluding hydrogens is 423 g/mol. The second kappa shape index (κ2) is 9.33. The minimum Gasteiger partial charge on any atom is -0.491 e. The standard InChI is InChI=1S/C25H27FN4O3/c1-29-10-9-22(19(26)16-29)33-23-5-3-4-17-6-7-20(28-25(17)23)21-15-27-24-14-18(8-11-30(21)24)32-13-12-31-2/h3-8,11,14-15,19,22H,9-10,12-13,16H2,1-2H3/t19-,22-/m0/s1. The number of alkyl halides is 1. The van der Waals surface area contributed by atoms with Gasteiger partial charge < -0.3 is 19.1 Å². The second-order valence-electron chi connectivity index (χ2n) is 8.32. The molecule has 0 bridgehead atoms. The van der Waals surface area contributed by atoms with Gasteiger partial charge in [-0.15, -0.1) is 0 Å². The zero-order valence-corrected chi connectivity index (χ0v) is 18.8. The smallest absolute Gasteiger partial charge is 0.149 e. The highest BCUT2D eigenvalue weighted by molar-refractivity contribution is 5.86. The number of halogens is 1. The number of nitrogens with zero attached hydrogens (tertiary/aromatic N) is 4. The number of methoxy groups -OCH3 is 1. The van der Waals surface area contributed by atoms with E-state index in [9.17, 15) is 4.39 Å². The lowest BCUT2D eigenvalue weighted by molar-refractivity contribution is 0.0321. The number of likely N-dealkylation sites (tertiary alicyclic amines) is 1. The largest absolute Gasteiger partial charge is 0.491 e. The summed E-state index contributed by atoms with van der Waals surface area (Å²) in [6, 6.07) is 13.5. The highest BCUT2D eigenvalue weighted by Crippen LogP contribution is 2.30. The SMILES string of the molecule is COCCOc1ccn2c(-c3ccc4cccc(O[C@H]5CCN(C)C[C@@H]5F)c4n3)cnc2c1. The first-order valence-corrected chi connectivity index (χ1v) is 11.1. The van der Waals surface area contributed by atoms with Crippen LogP contribution in [0.25, 0.3) is 27.9 Å². The predicted molar refractivity (Wildman–Crippen MR) is 125 cm³/mol. The lowest BCUT2D eigenvalue weighted by atomic mass is 10.1. The van der Waals surface area contributed by atoms with Crippen LogP contribution < -0.4 is 9.47 Å². The maximum Gasteiger partial charge on any atom is 0.149 e. The summed E-state index contributed by atoms with van der Waals surface area (Å²) in [6.07, 6.45) is 2.86. The Morgan fingerprint density at radius 3 is 2.91 bits per heavy atom. The zero-order chi connectivity index (χ0) is 22.8. The molecule has 8 heteroatoms. The summed E-state index contributed by atoms with van der Waals surface area (Å²) in [5, 5.41) is 0.947. The van der Waals surface area contributed by atoms with Crippen molar-refractivity contribution in [1.82, 2.24) is 19.3 Å². The molecule has 3 aromatic heterocycles. The molecule has 1 aliphatic rings. The van der Waals surface area contributed by atoms with Crippen LogP contribution in [0.2, 0.25) is 0 Å². The third-order valence-corrected chi connectivity index (χ3v) is 5.95. The molecule has 4 heterocycles. The van der Waals surface area contributed by atoms with E-state index in [0.717, 1.165) is 40.2 Å². The number of rotatable bonds is 7. The molecule has 4 aromatic rings. The van der Waals surface area contributed by atoms with Gasteiger partial charge in [0.05, 0.1) is 24.2 Å². The number of hydrogen-bond acceptors (Lipinski definition) is 6. The first kappa shape index (κ1) is 21.6. The van der Waals surface area contributed by atoms with Gasteiger partial charge in [-0.3, -0.25) is 4.40 Å². The van der Waals surface area contributed by atoms with E-state index >= 15 is 0 Å². The van der Waals surface area contributed by atoms with Crippen molar-refractivity contribution in [3.63, 3.8) is 0 Å². The fourth-order valence-electron chi connectivity index (χ4n) is 4.17. The Kier molecular flexibility index (Phi) is 6.11. The summed E-state index contributed by atoms with van der Waals surface area (Å²) in [5.41, 5.74) is 3.10. The molecule has 33 heavy (non-hydrogen) atoms. The van der Waals surface area contributed by atoms with Crippen molar-refractivity contribution < 1.29 is 18.6 Å². The molecule has 7 nitrogen and oxygen atoms in total. The van der Waals surface area contributed by atoms with Crippen molar-refractivity contribution in [3.8, 4) is 22.9 Å². The number of pyridine rings is 2. The number of hydrogen-bond donors (Lipinski definition) is 0. The van der Waals surface area contributed by atoms with Crippen molar-refractivity contribution >= 4 is 16.6 Å². The highest BCUT2D eigenvalue weighted by Gasteiger charge is 2.29. The molecule has 0 saturated carbocycles. The normalized spacial score (nSPS) is 19.2. The Balaban J connectivity index is 1.45. The Hall–Kier alpha value is -3.23. The van der Waals surface area contributed by atoms with E-state index in [1.807, 2.05) is 65.0 Å². The average Bonchev–Trinajstić information content (AvgIpc) is 3.24. The fraction of sp³-hybridized carbons (Fsp3) is 0.360. The summed E-state index contributed by atoms with van der Waals surface area (Å²) < 4.78 is 33.4. The predicted octanol–water partition coefficient (Wildman–Crippen LogP) is 4.00. The van der Waals surface area contributed by atoms with Crippen LogP contribution in [0.1, 0.15) is 6.42 Å². The Bertz CT molecular complexity index is 1260. The topological polar surface area (TPSA) is 61.1 Å². The van der Waals surface area contributed by atoms with Crippen LogP contribution in [0.15, 0.2) is 54.9 Å². The third-order valence-electron chi connectivity index (χ3n) is 5.95. The Morgan fingerprint density at radius 1 is 1.15 bits per heavy atom. The molecule has 0 radical (unpaired) electrons. The van der Waals surface area contributed by atoms with E-state index in [1.165, 1.54) is 0 Å². The minimum absolute atomic E-state index is 0.382. The van der Waals surface area contributed by atoms with Crippen LogP contribution >= 0.6 is 0 Å². The first-order valence-electron chi connectivity index (χ1n) is 11.1. The number of aromatic nitrogens is 3. The summed E-state index contributed by atoms with van der Waals surface area (Å²) >= 11 is 0. The van der Waals surface area contributed by atoms with E-state index in [0.29, 0.717) is 31.9 Å². The van der Waals surface area contributed by atoms with Gasteiger partial charge in [0, 0.05) is 37.8 Å². The molecule has 1 aromatic carbocycles. The molecule has 1 fully saturated rings.